The van der Waals surface area contributed by atoms with E-state index in [1.54, 1.807) is 10.9 Å². The van der Waals surface area contributed by atoms with Gasteiger partial charge in [0.2, 0.25) is 0 Å². The van der Waals surface area contributed by atoms with Gasteiger partial charge in [0.25, 0.3) is 0 Å². The topological polar surface area (TPSA) is 44.1 Å². The van der Waals surface area contributed by atoms with Crippen molar-refractivity contribution in [2.45, 2.75) is 45.6 Å². The minimum atomic E-state index is -0.620. The van der Waals surface area contributed by atoms with Crippen LogP contribution in [0.2, 0.25) is 0 Å². The first kappa shape index (κ1) is 13.9. The molecule has 0 aliphatic heterocycles. The molecule has 4 heteroatoms. The van der Waals surface area contributed by atoms with Gasteiger partial charge in [-0.25, -0.2) is 0 Å². The van der Waals surface area contributed by atoms with Crippen molar-refractivity contribution in [3.8, 4) is 0 Å². The van der Waals surface area contributed by atoms with Crippen LogP contribution in [-0.4, -0.2) is 27.8 Å². The summed E-state index contributed by atoms with van der Waals surface area (Å²) < 4.78 is 7.40. The van der Waals surface area contributed by atoms with Gasteiger partial charge in [-0.1, -0.05) is 13.8 Å². The van der Waals surface area contributed by atoms with E-state index in [1.807, 2.05) is 34.0 Å². The number of ether oxygens (including phenoxy) is 1. The molecule has 0 N–H and O–H groups in total. The van der Waals surface area contributed by atoms with E-state index in [0.29, 0.717) is 13.0 Å². The highest BCUT2D eigenvalue weighted by Crippen LogP contribution is 2.23. The van der Waals surface area contributed by atoms with E-state index in [1.165, 1.54) is 0 Å². The SMILES string of the molecule is CCOC(CC)(CC)C(=O)Cc1cnn(C)c1. The summed E-state index contributed by atoms with van der Waals surface area (Å²) in [5, 5.41) is 4.07. The molecule has 0 atom stereocenters. The molecule has 0 aliphatic rings. The molecule has 0 unspecified atom stereocenters. The van der Waals surface area contributed by atoms with E-state index < -0.39 is 5.60 Å². The number of hydrogen-bond acceptors (Lipinski definition) is 3. The van der Waals surface area contributed by atoms with Crippen molar-refractivity contribution in [1.82, 2.24) is 9.78 Å². The van der Waals surface area contributed by atoms with Gasteiger partial charge in [0.1, 0.15) is 5.60 Å². The second-order valence-electron chi connectivity index (χ2n) is 4.26. The molecule has 1 heterocycles. The molecule has 0 radical (unpaired) electrons. The van der Waals surface area contributed by atoms with Gasteiger partial charge < -0.3 is 4.74 Å². The highest BCUT2D eigenvalue weighted by atomic mass is 16.5. The molecule has 1 aromatic rings. The van der Waals surface area contributed by atoms with Crippen molar-refractivity contribution in [1.29, 1.82) is 0 Å². The standard InChI is InChI=1S/C13H22N2O2/c1-5-13(6-2,17-7-3)12(16)8-11-9-14-15(4)10-11/h9-10H,5-8H2,1-4H3. The summed E-state index contributed by atoms with van der Waals surface area (Å²) in [6, 6.07) is 0. The lowest BCUT2D eigenvalue weighted by molar-refractivity contribution is -0.144. The number of aromatic nitrogens is 2. The number of hydrogen-bond donors (Lipinski definition) is 0. The van der Waals surface area contributed by atoms with Crippen LogP contribution in [0.1, 0.15) is 39.2 Å². The minimum Gasteiger partial charge on any atom is -0.368 e. The molecule has 0 fully saturated rings. The zero-order valence-corrected chi connectivity index (χ0v) is 11.2. The quantitative estimate of drug-likeness (QED) is 0.731. The van der Waals surface area contributed by atoms with E-state index >= 15 is 0 Å². The Hall–Kier alpha value is -1.16. The first-order valence-electron chi connectivity index (χ1n) is 6.22. The van der Waals surface area contributed by atoms with Crippen LogP contribution in [0.3, 0.4) is 0 Å². The first-order chi connectivity index (χ1) is 8.07. The molecule has 0 amide bonds. The van der Waals surface area contributed by atoms with Crippen LogP contribution in [-0.2, 0) is 23.0 Å². The van der Waals surface area contributed by atoms with E-state index in [2.05, 4.69) is 5.10 Å². The van der Waals surface area contributed by atoms with Gasteiger partial charge in [-0.05, 0) is 25.3 Å². The highest BCUT2D eigenvalue weighted by Gasteiger charge is 2.34. The summed E-state index contributed by atoms with van der Waals surface area (Å²) in [6.45, 7) is 6.50. The Balaban J connectivity index is 2.78. The molecule has 0 aromatic carbocycles. The van der Waals surface area contributed by atoms with Gasteiger partial charge in [0.05, 0.1) is 6.20 Å². The third-order valence-corrected chi connectivity index (χ3v) is 3.19. The lowest BCUT2D eigenvalue weighted by atomic mass is 9.88. The van der Waals surface area contributed by atoms with Crippen LogP contribution in [0, 0.1) is 0 Å². The summed E-state index contributed by atoms with van der Waals surface area (Å²) in [6.07, 6.45) is 5.45. The van der Waals surface area contributed by atoms with Crippen LogP contribution in [0.4, 0.5) is 0 Å². The van der Waals surface area contributed by atoms with Crippen molar-refractivity contribution in [2.75, 3.05) is 6.61 Å². The third-order valence-electron chi connectivity index (χ3n) is 3.19. The fourth-order valence-corrected chi connectivity index (χ4v) is 2.11. The summed E-state index contributed by atoms with van der Waals surface area (Å²) in [4.78, 5) is 12.3. The van der Waals surface area contributed by atoms with Crippen LogP contribution in [0.5, 0.6) is 0 Å². The van der Waals surface area contributed by atoms with Crippen molar-refractivity contribution >= 4 is 5.78 Å². The largest absolute Gasteiger partial charge is 0.368 e. The Morgan fingerprint density at radius 2 is 2.06 bits per heavy atom. The molecule has 1 aromatic heterocycles. The lowest BCUT2D eigenvalue weighted by Crippen LogP contribution is -2.41. The minimum absolute atomic E-state index is 0.150. The number of rotatable bonds is 7. The summed E-state index contributed by atoms with van der Waals surface area (Å²) in [5.74, 6) is 0.150. The number of ketones is 1. The molecule has 96 valence electrons. The first-order valence-corrected chi connectivity index (χ1v) is 6.22. The fraction of sp³-hybridized carbons (Fsp3) is 0.692. The maximum absolute atomic E-state index is 12.3. The average molecular weight is 238 g/mol. The fourth-order valence-electron chi connectivity index (χ4n) is 2.11. The number of aryl methyl sites for hydroxylation is 1. The normalized spacial score (nSPS) is 11.8. The summed E-state index contributed by atoms with van der Waals surface area (Å²) in [5.41, 5.74) is 0.327. The lowest BCUT2D eigenvalue weighted by Gasteiger charge is -2.29. The Morgan fingerprint density at radius 3 is 2.47 bits per heavy atom. The highest BCUT2D eigenvalue weighted by molar-refractivity contribution is 5.89. The van der Waals surface area contributed by atoms with Gasteiger partial charge >= 0.3 is 0 Å². The van der Waals surface area contributed by atoms with Crippen molar-refractivity contribution in [3.05, 3.63) is 18.0 Å². The molecular formula is C13H22N2O2. The zero-order valence-electron chi connectivity index (χ0n) is 11.2. The van der Waals surface area contributed by atoms with Gasteiger partial charge in [-0.3, -0.25) is 9.48 Å². The molecule has 0 spiro atoms. The zero-order chi connectivity index (χ0) is 12.9. The second-order valence-corrected chi connectivity index (χ2v) is 4.26. The maximum Gasteiger partial charge on any atom is 0.169 e. The molecule has 17 heavy (non-hydrogen) atoms. The summed E-state index contributed by atoms with van der Waals surface area (Å²) >= 11 is 0. The van der Waals surface area contributed by atoms with Gasteiger partial charge in [0, 0.05) is 26.3 Å². The summed E-state index contributed by atoms with van der Waals surface area (Å²) in [7, 11) is 1.85. The van der Waals surface area contributed by atoms with Crippen LogP contribution >= 0.6 is 0 Å². The molecule has 0 saturated carbocycles. The van der Waals surface area contributed by atoms with Crippen LogP contribution < -0.4 is 0 Å². The van der Waals surface area contributed by atoms with E-state index in [9.17, 15) is 4.79 Å². The molecule has 0 bridgehead atoms. The Kier molecular flexibility index (Phi) is 4.87. The smallest absolute Gasteiger partial charge is 0.169 e. The molecule has 0 aliphatic carbocycles. The van der Waals surface area contributed by atoms with Crippen LogP contribution in [0.25, 0.3) is 0 Å². The average Bonchev–Trinajstić information content (AvgIpc) is 2.71. The van der Waals surface area contributed by atoms with Crippen molar-refractivity contribution < 1.29 is 9.53 Å². The molecule has 0 saturated heterocycles. The van der Waals surface area contributed by atoms with Gasteiger partial charge in [-0.15, -0.1) is 0 Å². The van der Waals surface area contributed by atoms with E-state index in [4.69, 9.17) is 4.74 Å². The van der Waals surface area contributed by atoms with Crippen molar-refractivity contribution in [2.24, 2.45) is 7.05 Å². The van der Waals surface area contributed by atoms with Crippen LogP contribution in [0.15, 0.2) is 12.4 Å². The Bertz CT molecular complexity index is 367. The molecule has 1 rings (SSSR count). The van der Waals surface area contributed by atoms with E-state index in [0.717, 1.165) is 18.4 Å². The third kappa shape index (κ3) is 3.16. The predicted octanol–water partition coefficient (Wildman–Crippen LogP) is 2.13. The maximum atomic E-state index is 12.3. The monoisotopic (exact) mass is 238 g/mol. The van der Waals surface area contributed by atoms with Gasteiger partial charge in [-0.2, -0.15) is 5.10 Å². The Morgan fingerprint density at radius 1 is 1.41 bits per heavy atom. The number of Topliss-reactive ketones (excluding diaryl/α,β-unsaturated/α-hetero) is 1. The number of nitrogens with zero attached hydrogens (tertiary/aromatic N) is 2. The number of carbonyl (C=O) groups is 1. The second kappa shape index (κ2) is 5.96. The molecule has 4 nitrogen and oxygen atoms in total. The Labute approximate surface area is 103 Å². The van der Waals surface area contributed by atoms with Gasteiger partial charge in [0.15, 0.2) is 5.78 Å². The predicted molar refractivity (Wildman–Crippen MR) is 66.9 cm³/mol. The van der Waals surface area contributed by atoms with E-state index in [-0.39, 0.29) is 5.78 Å². The van der Waals surface area contributed by atoms with Crippen molar-refractivity contribution in [3.63, 3.8) is 0 Å². The number of carbonyl (C=O) groups excluding carboxylic acids is 1. The molecular weight excluding hydrogens is 216 g/mol.